The highest BCUT2D eigenvalue weighted by Crippen LogP contribution is 2.36. The average molecular weight is 387 g/mol. The standard InChI is InChI=1S/C24H25N3O2/c28-24(21-12-7-15-29-23(21)18-8-3-1-4-9-18)26-14-13-22-19(17-26)16-25-27(22)20-10-5-2-6-11-20/h1-6,8-11,16,21,23H,7,12-15,17H2/t21-,23+/m1/s1. The number of carbonyl (C=O) groups excluding carboxylic acids is 1. The van der Waals surface area contributed by atoms with Gasteiger partial charge in [0.05, 0.1) is 29.6 Å². The Morgan fingerprint density at radius 2 is 1.79 bits per heavy atom. The van der Waals surface area contributed by atoms with Gasteiger partial charge in [-0.25, -0.2) is 4.68 Å². The second-order valence-electron chi connectivity index (χ2n) is 7.82. The number of fused-ring (bicyclic) bond motifs is 1. The number of para-hydroxylation sites is 1. The normalized spacial score (nSPS) is 21.6. The van der Waals surface area contributed by atoms with Gasteiger partial charge in [0.15, 0.2) is 0 Å². The average Bonchev–Trinajstić information content (AvgIpc) is 3.23. The van der Waals surface area contributed by atoms with E-state index in [-0.39, 0.29) is 17.9 Å². The molecular weight excluding hydrogens is 362 g/mol. The van der Waals surface area contributed by atoms with Gasteiger partial charge in [-0.1, -0.05) is 48.5 Å². The van der Waals surface area contributed by atoms with Crippen molar-refractivity contribution < 1.29 is 9.53 Å². The minimum Gasteiger partial charge on any atom is -0.373 e. The first-order valence-electron chi connectivity index (χ1n) is 10.4. The molecule has 0 saturated carbocycles. The molecule has 1 saturated heterocycles. The first kappa shape index (κ1) is 18.1. The Morgan fingerprint density at radius 1 is 1.03 bits per heavy atom. The predicted molar refractivity (Wildman–Crippen MR) is 111 cm³/mol. The summed E-state index contributed by atoms with van der Waals surface area (Å²) < 4.78 is 8.06. The minimum atomic E-state index is -0.147. The SMILES string of the molecule is O=C([C@@H]1CCCO[C@H]1c1ccccc1)N1CCc2c(cnn2-c2ccccc2)C1. The third-order valence-electron chi connectivity index (χ3n) is 6.02. The lowest BCUT2D eigenvalue weighted by Crippen LogP contribution is -2.43. The first-order valence-corrected chi connectivity index (χ1v) is 10.4. The molecule has 3 aromatic rings. The van der Waals surface area contributed by atoms with Gasteiger partial charge in [-0.2, -0.15) is 5.10 Å². The van der Waals surface area contributed by atoms with E-state index in [0.29, 0.717) is 6.54 Å². The summed E-state index contributed by atoms with van der Waals surface area (Å²) in [5, 5.41) is 4.59. The van der Waals surface area contributed by atoms with Crippen molar-refractivity contribution in [2.75, 3.05) is 13.2 Å². The van der Waals surface area contributed by atoms with Crippen LogP contribution in [0.2, 0.25) is 0 Å². The van der Waals surface area contributed by atoms with Gasteiger partial charge in [-0.15, -0.1) is 0 Å². The summed E-state index contributed by atoms with van der Waals surface area (Å²) in [7, 11) is 0. The number of benzene rings is 2. The van der Waals surface area contributed by atoms with Crippen molar-refractivity contribution in [2.45, 2.75) is 31.9 Å². The van der Waals surface area contributed by atoms with Gasteiger partial charge < -0.3 is 9.64 Å². The maximum atomic E-state index is 13.4. The summed E-state index contributed by atoms with van der Waals surface area (Å²) in [5.74, 6) is 0.0912. The largest absolute Gasteiger partial charge is 0.373 e. The highest BCUT2D eigenvalue weighted by molar-refractivity contribution is 5.80. The molecule has 148 valence electrons. The fourth-order valence-electron chi connectivity index (χ4n) is 4.55. The number of aromatic nitrogens is 2. The van der Waals surface area contributed by atoms with Gasteiger partial charge in [0.2, 0.25) is 5.91 Å². The predicted octanol–water partition coefficient (Wildman–Crippen LogP) is 3.92. The second kappa shape index (κ2) is 7.84. The number of carbonyl (C=O) groups is 1. The Bertz CT molecular complexity index is 984. The lowest BCUT2D eigenvalue weighted by molar-refractivity contribution is -0.146. The van der Waals surface area contributed by atoms with Crippen LogP contribution in [0.15, 0.2) is 66.9 Å². The molecule has 2 aliphatic heterocycles. The van der Waals surface area contributed by atoms with Gasteiger partial charge in [0.1, 0.15) is 0 Å². The zero-order valence-corrected chi connectivity index (χ0v) is 16.4. The zero-order chi connectivity index (χ0) is 19.6. The Balaban J connectivity index is 1.36. The highest BCUT2D eigenvalue weighted by Gasteiger charge is 2.37. The number of ether oxygens (including phenoxy) is 1. The molecule has 2 atom stereocenters. The summed E-state index contributed by atoms with van der Waals surface area (Å²) in [4.78, 5) is 15.4. The molecule has 1 amide bonds. The van der Waals surface area contributed by atoms with Crippen LogP contribution in [0, 0.1) is 5.92 Å². The summed E-state index contributed by atoms with van der Waals surface area (Å²) in [6.45, 7) is 2.07. The molecule has 0 aliphatic carbocycles. The van der Waals surface area contributed by atoms with E-state index in [9.17, 15) is 4.79 Å². The lowest BCUT2D eigenvalue weighted by atomic mass is 9.88. The molecule has 0 spiro atoms. The molecular formula is C24H25N3O2. The van der Waals surface area contributed by atoms with Crippen LogP contribution in [0.3, 0.4) is 0 Å². The van der Waals surface area contributed by atoms with E-state index in [1.165, 1.54) is 5.69 Å². The van der Waals surface area contributed by atoms with Crippen molar-refractivity contribution in [1.82, 2.24) is 14.7 Å². The topological polar surface area (TPSA) is 47.4 Å². The van der Waals surface area contributed by atoms with E-state index >= 15 is 0 Å². The molecule has 0 N–H and O–H groups in total. The van der Waals surface area contributed by atoms with Gasteiger partial charge in [-0.3, -0.25) is 4.79 Å². The van der Waals surface area contributed by atoms with Crippen LogP contribution < -0.4 is 0 Å². The molecule has 0 bridgehead atoms. The molecule has 2 aromatic carbocycles. The van der Waals surface area contributed by atoms with Gasteiger partial charge in [0, 0.05) is 31.7 Å². The van der Waals surface area contributed by atoms with Crippen LogP contribution in [0.5, 0.6) is 0 Å². The smallest absolute Gasteiger partial charge is 0.228 e. The number of nitrogens with zero attached hydrogens (tertiary/aromatic N) is 3. The Labute approximate surface area is 170 Å². The quantitative estimate of drug-likeness (QED) is 0.684. The summed E-state index contributed by atoms with van der Waals surface area (Å²) in [6.07, 6.45) is 4.40. The third kappa shape index (κ3) is 3.47. The highest BCUT2D eigenvalue weighted by atomic mass is 16.5. The van der Waals surface area contributed by atoms with E-state index in [1.54, 1.807) is 0 Å². The van der Waals surface area contributed by atoms with Crippen molar-refractivity contribution in [1.29, 1.82) is 0 Å². The molecule has 5 heteroatoms. The van der Waals surface area contributed by atoms with Crippen LogP contribution >= 0.6 is 0 Å². The van der Waals surface area contributed by atoms with Crippen molar-refractivity contribution >= 4 is 5.91 Å². The Hall–Kier alpha value is -2.92. The molecule has 5 nitrogen and oxygen atoms in total. The van der Waals surface area contributed by atoms with E-state index in [2.05, 4.69) is 29.4 Å². The Morgan fingerprint density at radius 3 is 2.59 bits per heavy atom. The van der Waals surface area contributed by atoms with Crippen molar-refractivity contribution in [3.05, 3.63) is 83.7 Å². The molecule has 2 aliphatic rings. The van der Waals surface area contributed by atoms with E-state index in [4.69, 9.17) is 4.74 Å². The number of hydrogen-bond acceptors (Lipinski definition) is 3. The molecule has 0 unspecified atom stereocenters. The maximum absolute atomic E-state index is 13.4. The van der Waals surface area contributed by atoms with Gasteiger partial charge in [-0.05, 0) is 30.5 Å². The first-order chi connectivity index (χ1) is 14.3. The van der Waals surface area contributed by atoms with E-state index in [0.717, 1.165) is 49.2 Å². The third-order valence-corrected chi connectivity index (χ3v) is 6.02. The van der Waals surface area contributed by atoms with Crippen LogP contribution in [-0.2, 0) is 22.5 Å². The number of rotatable bonds is 3. The number of amides is 1. The monoisotopic (exact) mass is 387 g/mol. The summed E-state index contributed by atoms with van der Waals surface area (Å²) in [5.41, 5.74) is 4.51. The van der Waals surface area contributed by atoms with Crippen molar-refractivity contribution in [3.8, 4) is 5.69 Å². The number of hydrogen-bond donors (Lipinski definition) is 0. The second-order valence-corrected chi connectivity index (χ2v) is 7.82. The molecule has 0 radical (unpaired) electrons. The Kier molecular flexibility index (Phi) is 4.90. The van der Waals surface area contributed by atoms with E-state index < -0.39 is 0 Å². The fraction of sp³-hybridized carbons (Fsp3) is 0.333. The van der Waals surface area contributed by atoms with Gasteiger partial charge >= 0.3 is 0 Å². The van der Waals surface area contributed by atoms with Gasteiger partial charge in [0.25, 0.3) is 0 Å². The fourth-order valence-corrected chi connectivity index (χ4v) is 4.55. The maximum Gasteiger partial charge on any atom is 0.228 e. The van der Waals surface area contributed by atoms with E-state index in [1.807, 2.05) is 52.2 Å². The minimum absolute atomic E-state index is 0.114. The molecule has 1 fully saturated rings. The molecule has 29 heavy (non-hydrogen) atoms. The summed E-state index contributed by atoms with van der Waals surface area (Å²) in [6, 6.07) is 20.3. The molecule has 5 rings (SSSR count). The van der Waals surface area contributed by atoms with Crippen molar-refractivity contribution in [3.63, 3.8) is 0 Å². The van der Waals surface area contributed by atoms with Crippen LogP contribution in [0.25, 0.3) is 5.69 Å². The molecule has 1 aromatic heterocycles. The van der Waals surface area contributed by atoms with Crippen LogP contribution in [0.1, 0.15) is 35.8 Å². The zero-order valence-electron chi connectivity index (χ0n) is 16.4. The van der Waals surface area contributed by atoms with Crippen LogP contribution in [0.4, 0.5) is 0 Å². The summed E-state index contributed by atoms with van der Waals surface area (Å²) >= 11 is 0. The van der Waals surface area contributed by atoms with Crippen molar-refractivity contribution in [2.24, 2.45) is 5.92 Å². The molecule has 3 heterocycles. The lowest BCUT2D eigenvalue weighted by Gasteiger charge is -2.36. The van der Waals surface area contributed by atoms with Crippen LogP contribution in [-0.4, -0.2) is 33.7 Å².